The van der Waals surface area contributed by atoms with E-state index in [1.807, 2.05) is 27.5 Å². The van der Waals surface area contributed by atoms with Gasteiger partial charge in [0.15, 0.2) is 5.82 Å². The number of hydrogen-bond acceptors (Lipinski definition) is 4. The van der Waals surface area contributed by atoms with Crippen LogP contribution in [0.25, 0.3) is 16.9 Å². The Kier molecular flexibility index (Phi) is 2.60. The minimum atomic E-state index is 0.747. The molecule has 0 aliphatic carbocycles. The van der Waals surface area contributed by atoms with Gasteiger partial charge in [-0.05, 0) is 29.6 Å². The quantitative estimate of drug-likeness (QED) is 0.580. The summed E-state index contributed by atoms with van der Waals surface area (Å²) in [5.74, 6) is 0.877. The highest BCUT2D eigenvalue weighted by Gasteiger charge is 2.09. The van der Waals surface area contributed by atoms with Gasteiger partial charge in [0.25, 0.3) is 0 Å². The van der Waals surface area contributed by atoms with Crippen LogP contribution in [-0.2, 0) is 6.54 Å². The van der Waals surface area contributed by atoms with Crippen molar-refractivity contribution in [2.45, 2.75) is 6.54 Å². The second-order valence-corrected chi connectivity index (χ2v) is 5.47. The first-order valence-electron chi connectivity index (χ1n) is 6.24. The van der Waals surface area contributed by atoms with Crippen molar-refractivity contribution in [3.63, 3.8) is 0 Å². The standard InChI is InChI=1S/C14H11N5S/c1-2-13(20-7-1)9-19-14(15-10-17-19)11-4-6-18-12(8-11)3-5-16-18/h1-8,10H,9H2. The van der Waals surface area contributed by atoms with Gasteiger partial charge in [-0.1, -0.05) is 6.07 Å². The fourth-order valence-electron chi connectivity index (χ4n) is 2.21. The van der Waals surface area contributed by atoms with Crippen molar-refractivity contribution in [1.29, 1.82) is 0 Å². The van der Waals surface area contributed by atoms with Crippen LogP contribution in [0.4, 0.5) is 0 Å². The van der Waals surface area contributed by atoms with E-state index in [2.05, 4.69) is 38.8 Å². The van der Waals surface area contributed by atoms with Crippen molar-refractivity contribution < 1.29 is 0 Å². The van der Waals surface area contributed by atoms with Gasteiger partial charge in [-0.3, -0.25) is 0 Å². The van der Waals surface area contributed by atoms with Gasteiger partial charge in [0.05, 0.1) is 12.1 Å². The Bertz CT molecular complexity index is 843. The number of nitrogens with zero attached hydrogens (tertiary/aromatic N) is 5. The molecule has 0 radical (unpaired) electrons. The number of aromatic nitrogens is 5. The third-order valence-electron chi connectivity index (χ3n) is 3.16. The molecule has 0 aromatic carbocycles. The molecule has 5 nitrogen and oxygen atoms in total. The Morgan fingerprint density at radius 2 is 2.15 bits per heavy atom. The Balaban J connectivity index is 1.76. The number of thiophene rings is 1. The molecule has 0 unspecified atom stereocenters. The SMILES string of the molecule is c1csc(Cn2ncnc2-c2ccn3nccc3c2)c1. The van der Waals surface area contributed by atoms with Gasteiger partial charge in [0, 0.05) is 22.8 Å². The van der Waals surface area contributed by atoms with Crippen LogP contribution in [0.1, 0.15) is 4.88 Å². The molecule has 0 saturated heterocycles. The van der Waals surface area contributed by atoms with Gasteiger partial charge < -0.3 is 0 Å². The van der Waals surface area contributed by atoms with Crippen LogP contribution >= 0.6 is 11.3 Å². The van der Waals surface area contributed by atoms with E-state index >= 15 is 0 Å². The smallest absolute Gasteiger partial charge is 0.158 e. The van der Waals surface area contributed by atoms with Crippen molar-refractivity contribution in [2.24, 2.45) is 0 Å². The largest absolute Gasteiger partial charge is 0.241 e. The minimum Gasteiger partial charge on any atom is -0.241 e. The van der Waals surface area contributed by atoms with Gasteiger partial charge in [0.1, 0.15) is 6.33 Å². The van der Waals surface area contributed by atoms with E-state index < -0.39 is 0 Å². The van der Waals surface area contributed by atoms with E-state index in [0.717, 1.165) is 23.4 Å². The fourth-order valence-corrected chi connectivity index (χ4v) is 2.90. The molecule has 4 rings (SSSR count). The number of rotatable bonds is 3. The lowest BCUT2D eigenvalue weighted by molar-refractivity contribution is 0.701. The minimum absolute atomic E-state index is 0.747. The van der Waals surface area contributed by atoms with Crippen molar-refractivity contribution in [3.05, 3.63) is 59.3 Å². The van der Waals surface area contributed by atoms with Crippen LogP contribution in [0.5, 0.6) is 0 Å². The van der Waals surface area contributed by atoms with Crippen molar-refractivity contribution >= 4 is 16.9 Å². The van der Waals surface area contributed by atoms with Gasteiger partial charge in [0.2, 0.25) is 0 Å². The molecule has 98 valence electrons. The molecule has 0 bridgehead atoms. The fraction of sp³-hybridized carbons (Fsp3) is 0.0714. The number of pyridine rings is 1. The third kappa shape index (κ3) is 1.90. The van der Waals surface area contributed by atoms with Crippen molar-refractivity contribution in [2.75, 3.05) is 0 Å². The van der Waals surface area contributed by atoms with E-state index in [4.69, 9.17) is 0 Å². The molecule has 0 saturated carbocycles. The first-order chi connectivity index (χ1) is 9.90. The maximum absolute atomic E-state index is 4.38. The summed E-state index contributed by atoms with van der Waals surface area (Å²) in [6, 6.07) is 10.2. The van der Waals surface area contributed by atoms with E-state index in [0.29, 0.717) is 0 Å². The van der Waals surface area contributed by atoms with Crippen LogP contribution in [0.2, 0.25) is 0 Å². The van der Waals surface area contributed by atoms with Crippen LogP contribution in [0, 0.1) is 0 Å². The van der Waals surface area contributed by atoms with Gasteiger partial charge in [-0.15, -0.1) is 11.3 Å². The molecule has 0 fully saturated rings. The number of fused-ring (bicyclic) bond motifs is 1. The molecule has 0 atom stereocenters. The molecular weight excluding hydrogens is 270 g/mol. The Morgan fingerprint density at radius 3 is 3.05 bits per heavy atom. The molecule has 0 aliphatic heterocycles. The van der Waals surface area contributed by atoms with E-state index in [-0.39, 0.29) is 0 Å². The predicted molar refractivity (Wildman–Crippen MR) is 77.6 cm³/mol. The van der Waals surface area contributed by atoms with Gasteiger partial charge in [-0.25, -0.2) is 14.2 Å². The third-order valence-corrected chi connectivity index (χ3v) is 4.02. The summed E-state index contributed by atoms with van der Waals surface area (Å²) >= 11 is 1.73. The Hall–Kier alpha value is -2.47. The first-order valence-corrected chi connectivity index (χ1v) is 7.12. The van der Waals surface area contributed by atoms with E-state index in [9.17, 15) is 0 Å². The highest BCUT2D eigenvalue weighted by molar-refractivity contribution is 7.09. The zero-order valence-corrected chi connectivity index (χ0v) is 11.4. The van der Waals surface area contributed by atoms with E-state index in [1.165, 1.54) is 4.88 Å². The number of hydrogen-bond donors (Lipinski definition) is 0. The normalized spacial score (nSPS) is 11.2. The van der Waals surface area contributed by atoms with Crippen molar-refractivity contribution in [3.8, 4) is 11.4 Å². The molecule has 4 aromatic rings. The summed E-state index contributed by atoms with van der Waals surface area (Å²) in [5, 5.41) is 10.6. The lowest BCUT2D eigenvalue weighted by atomic mass is 10.2. The lowest BCUT2D eigenvalue weighted by Crippen LogP contribution is -2.03. The topological polar surface area (TPSA) is 48.0 Å². The summed E-state index contributed by atoms with van der Waals surface area (Å²) in [7, 11) is 0. The molecule has 0 aliphatic rings. The van der Waals surface area contributed by atoms with Crippen molar-refractivity contribution in [1.82, 2.24) is 24.4 Å². The maximum Gasteiger partial charge on any atom is 0.158 e. The average Bonchev–Trinajstić information content (AvgIpc) is 3.19. The highest BCUT2D eigenvalue weighted by Crippen LogP contribution is 2.20. The Morgan fingerprint density at radius 1 is 1.15 bits per heavy atom. The molecular formula is C14H11N5S. The van der Waals surface area contributed by atoms with Gasteiger partial charge in [-0.2, -0.15) is 10.2 Å². The Labute approximate surface area is 119 Å². The average molecular weight is 281 g/mol. The monoisotopic (exact) mass is 281 g/mol. The van der Waals surface area contributed by atoms with Gasteiger partial charge >= 0.3 is 0 Å². The molecule has 0 N–H and O–H groups in total. The predicted octanol–water partition coefficient (Wildman–Crippen LogP) is 2.70. The molecule has 0 amide bonds. The zero-order chi connectivity index (χ0) is 13.4. The molecule has 4 aromatic heterocycles. The van der Waals surface area contributed by atoms with Crippen LogP contribution in [0.3, 0.4) is 0 Å². The summed E-state index contributed by atoms with van der Waals surface area (Å²) in [6.45, 7) is 0.747. The summed E-state index contributed by atoms with van der Waals surface area (Å²) < 4.78 is 3.76. The summed E-state index contributed by atoms with van der Waals surface area (Å²) in [5.41, 5.74) is 2.10. The lowest BCUT2D eigenvalue weighted by Gasteiger charge is -2.05. The highest BCUT2D eigenvalue weighted by atomic mass is 32.1. The van der Waals surface area contributed by atoms with E-state index in [1.54, 1.807) is 23.9 Å². The first kappa shape index (κ1) is 11.4. The summed E-state index contributed by atoms with van der Waals surface area (Å²) in [4.78, 5) is 5.65. The second kappa shape index (κ2) is 4.57. The second-order valence-electron chi connectivity index (χ2n) is 4.44. The summed E-state index contributed by atoms with van der Waals surface area (Å²) in [6.07, 6.45) is 5.33. The molecule has 6 heteroatoms. The molecule has 4 heterocycles. The van der Waals surface area contributed by atoms with Crippen LogP contribution < -0.4 is 0 Å². The van der Waals surface area contributed by atoms with Crippen LogP contribution in [0.15, 0.2) is 54.4 Å². The molecule has 20 heavy (non-hydrogen) atoms. The van der Waals surface area contributed by atoms with Crippen LogP contribution in [-0.4, -0.2) is 24.4 Å². The zero-order valence-electron chi connectivity index (χ0n) is 10.5. The maximum atomic E-state index is 4.38. The molecule has 0 spiro atoms.